The van der Waals surface area contributed by atoms with E-state index in [2.05, 4.69) is 0 Å². The number of hydrogen-bond donors (Lipinski definition) is 2. The largest absolute Gasteiger partial charge is 0.393 e. The molecule has 0 aromatic carbocycles. The molecule has 2 bridgehead atoms. The molecule has 0 aromatic rings. The molecule has 1 saturated carbocycles. The Balaban J connectivity index is 2.07. The summed E-state index contributed by atoms with van der Waals surface area (Å²) in [7, 11) is 0. The molecule has 1 saturated heterocycles. The van der Waals surface area contributed by atoms with Crippen molar-refractivity contribution in [2.45, 2.75) is 25.0 Å². The summed E-state index contributed by atoms with van der Waals surface area (Å²) in [5, 5.41) is 9.47. The number of thioether (sulfide) groups is 1. The van der Waals surface area contributed by atoms with E-state index < -0.39 is 0 Å². The van der Waals surface area contributed by atoms with Gasteiger partial charge in [0.1, 0.15) is 0 Å². The lowest BCUT2D eigenvalue weighted by molar-refractivity contribution is 0.0666. The molecule has 0 spiro atoms. The second-order valence-corrected chi connectivity index (χ2v) is 4.84. The fourth-order valence-corrected chi connectivity index (χ4v) is 3.68. The van der Waals surface area contributed by atoms with Gasteiger partial charge in [0.25, 0.3) is 0 Å². The minimum absolute atomic E-state index is 0.0642. The summed E-state index contributed by atoms with van der Waals surface area (Å²) in [6.07, 6.45) is 1.81. The van der Waals surface area contributed by atoms with Crippen LogP contribution < -0.4 is 5.73 Å². The highest BCUT2D eigenvalue weighted by atomic mass is 32.2. The third-order valence-electron chi connectivity index (χ3n) is 2.90. The summed E-state index contributed by atoms with van der Waals surface area (Å²) < 4.78 is 0. The fraction of sp³-hybridized carbons (Fsp3) is 1.00. The Bertz CT molecular complexity index is 139. The van der Waals surface area contributed by atoms with Gasteiger partial charge in [-0.15, -0.1) is 0 Å². The maximum absolute atomic E-state index is 9.47. The van der Waals surface area contributed by atoms with Crippen molar-refractivity contribution in [2.75, 3.05) is 11.5 Å². The summed E-state index contributed by atoms with van der Waals surface area (Å²) in [6, 6.07) is 0.375. The molecule has 11 heavy (non-hydrogen) atoms. The van der Waals surface area contributed by atoms with Gasteiger partial charge in [-0.2, -0.15) is 11.8 Å². The fourth-order valence-electron chi connectivity index (χ4n) is 2.22. The van der Waals surface area contributed by atoms with Crippen LogP contribution >= 0.6 is 11.8 Å². The van der Waals surface area contributed by atoms with Crippen molar-refractivity contribution in [1.82, 2.24) is 0 Å². The first-order valence-corrected chi connectivity index (χ1v) is 5.44. The molecule has 1 aliphatic carbocycles. The van der Waals surface area contributed by atoms with Crippen LogP contribution in [0.5, 0.6) is 0 Å². The molecule has 0 amide bonds. The smallest absolute Gasteiger partial charge is 0.0547 e. The molecule has 3 N–H and O–H groups in total. The van der Waals surface area contributed by atoms with E-state index in [1.807, 2.05) is 11.8 Å². The van der Waals surface area contributed by atoms with Crippen molar-refractivity contribution in [2.24, 2.45) is 17.6 Å². The molecule has 2 nitrogen and oxygen atoms in total. The zero-order valence-electron chi connectivity index (χ0n) is 6.57. The van der Waals surface area contributed by atoms with Crippen molar-refractivity contribution in [3.8, 4) is 0 Å². The molecule has 2 fully saturated rings. The average Bonchev–Trinajstić information content (AvgIpc) is 1.92. The van der Waals surface area contributed by atoms with Crippen LogP contribution in [0.4, 0.5) is 0 Å². The molecular weight excluding hydrogens is 158 g/mol. The Morgan fingerprint density at radius 2 is 1.73 bits per heavy atom. The monoisotopic (exact) mass is 173 g/mol. The number of aliphatic hydroxyl groups excluding tert-OH is 1. The van der Waals surface area contributed by atoms with E-state index in [0.717, 1.165) is 24.3 Å². The van der Waals surface area contributed by atoms with Gasteiger partial charge in [-0.1, -0.05) is 0 Å². The molecular formula is C8H15NOS. The van der Waals surface area contributed by atoms with Gasteiger partial charge in [0.2, 0.25) is 0 Å². The van der Waals surface area contributed by atoms with E-state index in [1.165, 1.54) is 0 Å². The van der Waals surface area contributed by atoms with Gasteiger partial charge in [-0.05, 0) is 36.2 Å². The van der Waals surface area contributed by atoms with E-state index in [9.17, 15) is 5.11 Å². The third kappa shape index (κ3) is 1.42. The van der Waals surface area contributed by atoms with Gasteiger partial charge in [-0.3, -0.25) is 0 Å². The van der Waals surface area contributed by atoms with Crippen LogP contribution in [0.25, 0.3) is 0 Å². The first-order valence-electron chi connectivity index (χ1n) is 4.29. The van der Waals surface area contributed by atoms with Crippen LogP contribution in [0.3, 0.4) is 0 Å². The highest BCUT2D eigenvalue weighted by molar-refractivity contribution is 7.99. The van der Waals surface area contributed by atoms with E-state index in [-0.39, 0.29) is 6.10 Å². The topological polar surface area (TPSA) is 46.2 Å². The normalized spacial score (nSPS) is 50.7. The SMILES string of the molecule is NC1C2CSCC1CC(O)C2. The molecule has 1 heterocycles. The quantitative estimate of drug-likeness (QED) is 0.559. The van der Waals surface area contributed by atoms with E-state index in [1.54, 1.807) is 0 Å². The molecule has 2 atom stereocenters. The Kier molecular flexibility index (Phi) is 2.12. The number of hydrogen-bond acceptors (Lipinski definition) is 3. The third-order valence-corrected chi connectivity index (χ3v) is 4.23. The molecule has 3 heteroatoms. The highest BCUT2D eigenvalue weighted by Gasteiger charge is 2.37. The Morgan fingerprint density at radius 1 is 1.18 bits per heavy atom. The summed E-state index contributed by atoms with van der Waals surface area (Å²) in [4.78, 5) is 0. The standard InChI is InChI=1S/C8H15NOS/c9-8-5-1-7(10)2-6(8)4-11-3-5/h5-8,10H,1-4,9H2. The molecule has 2 unspecified atom stereocenters. The predicted octanol–water partition coefficient (Wildman–Crippen LogP) is 0.448. The molecule has 0 aromatic heterocycles. The first-order chi connectivity index (χ1) is 5.27. The number of rotatable bonds is 0. The number of fused-ring (bicyclic) bond motifs is 2. The van der Waals surface area contributed by atoms with Gasteiger partial charge < -0.3 is 10.8 Å². The highest BCUT2D eigenvalue weighted by Crippen LogP contribution is 2.37. The van der Waals surface area contributed by atoms with Crippen LogP contribution in [-0.2, 0) is 0 Å². The predicted molar refractivity (Wildman–Crippen MR) is 47.5 cm³/mol. The van der Waals surface area contributed by atoms with Gasteiger partial charge in [0.15, 0.2) is 0 Å². The average molecular weight is 173 g/mol. The van der Waals surface area contributed by atoms with Gasteiger partial charge in [0, 0.05) is 6.04 Å². The lowest BCUT2D eigenvalue weighted by atomic mass is 9.77. The van der Waals surface area contributed by atoms with Gasteiger partial charge in [0.05, 0.1) is 6.10 Å². The zero-order chi connectivity index (χ0) is 7.84. The molecule has 2 aliphatic rings. The van der Waals surface area contributed by atoms with E-state index in [0.29, 0.717) is 17.9 Å². The zero-order valence-corrected chi connectivity index (χ0v) is 7.39. The Hall–Kier alpha value is 0.270. The summed E-state index contributed by atoms with van der Waals surface area (Å²) in [5.41, 5.74) is 6.02. The van der Waals surface area contributed by atoms with Crippen LogP contribution in [0, 0.1) is 11.8 Å². The molecule has 64 valence electrons. The Morgan fingerprint density at radius 3 is 2.27 bits per heavy atom. The number of nitrogens with two attached hydrogens (primary N) is 1. The minimum atomic E-state index is -0.0642. The minimum Gasteiger partial charge on any atom is -0.393 e. The molecule has 1 aliphatic heterocycles. The van der Waals surface area contributed by atoms with Crippen molar-refractivity contribution < 1.29 is 5.11 Å². The van der Waals surface area contributed by atoms with Gasteiger partial charge >= 0.3 is 0 Å². The molecule has 2 rings (SSSR count). The van der Waals surface area contributed by atoms with E-state index >= 15 is 0 Å². The summed E-state index contributed by atoms with van der Waals surface area (Å²) in [5.74, 6) is 3.49. The van der Waals surface area contributed by atoms with Crippen LogP contribution in [0.1, 0.15) is 12.8 Å². The first kappa shape index (κ1) is 7.90. The maximum Gasteiger partial charge on any atom is 0.0547 e. The number of aliphatic hydroxyl groups is 1. The van der Waals surface area contributed by atoms with Crippen molar-refractivity contribution in [1.29, 1.82) is 0 Å². The second-order valence-electron chi connectivity index (χ2n) is 3.76. The van der Waals surface area contributed by atoms with Crippen molar-refractivity contribution in [3.63, 3.8) is 0 Å². The van der Waals surface area contributed by atoms with Crippen LogP contribution in [-0.4, -0.2) is 28.8 Å². The van der Waals surface area contributed by atoms with Gasteiger partial charge in [-0.25, -0.2) is 0 Å². The summed E-state index contributed by atoms with van der Waals surface area (Å²) >= 11 is 2.00. The second kappa shape index (κ2) is 2.96. The Labute approximate surface area is 71.5 Å². The molecule has 0 radical (unpaired) electrons. The van der Waals surface area contributed by atoms with Crippen LogP contribution in [0.15, 0.2) is 0 Å². The summed E-state index contributed by atoms with van der Waals surface area (Å²) in [6.45, 7) is 0. The lowest BCUT2D eigenvalue weighted by Crippen LogP contribution is -2.49. The lowest BCUT2D eigenvalue weighted by Gasteiger charge is -2.42. The van der Waals surface area contributed by atoms with E-state index in [4.69, 9.17) is 5.73 Å². The van der Waals surface area contributed by atoms with Crippen molar-refractivity contribution in [3.05, 3.63) is 0 Å². The van der Waals surface area contributed by atoms with Crippen molar-refractivity contribution >= 4 is 11.8 Å². The maximum atomic E-state index is 9.47. The van der Waals surface area contributed by atoms with Crippen LogP contribution in [0.2, 0.25) is 0 Å².